The Morgan fingerprint density at radius 1 is 1.19 bits per heavy atom. The van der Waals surface area contributed by atoms with Gasteiger partial charge in [0.2, 0.25) is 0 Å². The molecule has 16 heavy (non-hydrogen) atoms. The lowest BCUT2D eigenvalue weighted by molar-refractivity contribution is -0.0990. The van der Waals surface area contributed by atoms with Gasteiger partial charge in [-0.2, -0.15) is 0 Å². The van der Waals surface area contributed by atoms with Crippen LogP contribution in [0.1, 0.15) is 54.4 Å². The summed E-state index contributed by atoms with van der Waals surface area (Å²) in [5.41, 5.74) is 4.81. The molecule has 0 aliphatic heterocycles. The summed E-state index contributed by atoms with van der Waals surface area (Å²) >= 11 is 0. The fourth-order valence-corrected chi connectivity index (χ4v) is 1.99. The van der Waals surface area contributed by atoms with Crippen LogP contribution in [0.2, 0.25) is 0 Å². The Morgan fingerprint density at radius 3 is 2.06 bits per heavy atom. The summed E-state index contributed by atoms with van der Waals surface area (Å²) in [6, 6.07) is 0.236. The van der Waals surface area contributed by atoms with Crippen molar-refractivity contribution in [2.75, 3.05) is 6.61 Å². The first-order chi connectivity index (χ1) is 7.02. The summed E-state index contributed by atoms with van der Waals surface area (Å²) < 4.78 is 5.76. The maximum Gasteiger partial charge on any atom is 0.0824 e. The Balaban J connectivity index is 4.03. The second-order valence-electron chi connectivity index (χ2n) is 6.38. The summed E-state index contributed by atoms with van der Waals surface area (Å²) in [4.78, 5) is 0. The summed E-state index contributed by atoms with van der Waals surface area (Å²) in [5.74, 6) is 0.539. The molecule has 0 bridgehead atoms. The van der Waals surface area contributed by atoms with Crippen molar-refractivity contribution in [1.82, 2.24) is 0 Å². The van der Waals surface area contributed by atoms with E-state index in [1.54, 1.807) is 13.8 Å². The van der Waals surface area contributed by atoms with Gasteiger partial charge in [-0.05, 0) is 53.4 Å². The van der Waals surface area contributed by atoms with Crippen molar-refractivity contribution in [3.05, 3.63) is 0 Å². The molecule has 0 fully saturated rings. The molecule has 98 valence electrons. The summed E-state index contributed by atoms with van der Waals surface area (Å²) in [5, 5.41) is 9.62. The van der Waals surface area contributed by atoms with E-state index in [0.717, 1.165) is 12.8 Å². The van der Waals surface area contributed by atoms with Crippen LogP contribution in [-0.2, 0) is 4.74 Å². The number of hydrogen-bond acceptors (Lipinski definition) is 3. The third-order valence-corrected chi connectivity index (χ3v) is 2.43. The maximum absolute atomic E-state index is 9.62. The second kappa shape index (κ2) is 5.99. The standard InChI is InChI=1S/C13H29NO2/c1-10(7-11(2)14)8-13(5,6)16-9-12(3,4)15/h10-11,15H,7-9,14H2,1-6H3. The molecule has 0 aromatic carbocycles. The van der Waals surface area contributed by atoms with E-state index in [2.05, 4.69) is 20.8 Å². The van der Waals surface area contributed by atoms with Crippen LogP contribution in [0.3, 0.4) is 0 Å². The van der Waals surface area contributed by atoms with Gasteiger partial charge in [-0.3, -0.25) is 0 Å². The van der Waals surface area contributed by atoms with Crippen LogP contribution < -0.4 is 5.73 Å². The van der Waals surface area contributed by atoms with Gasteiger partial charge in [-0.1, -0.05) is 6.92 Å². The van der Waals surface area contributed by atoms with Crippen LogP contribution in [0.4, 0.5) is 0 Å². The number of aliphatic hydroxyl groups is 1. The van der Waals surface area contributed by atoms with E-state index in [1.807, 2.05) is 6.92 Å². The number of nitrogens with two attached hydrogens (primary N) is 1. The summed E-state index contributed by atoms with van der Waals surface area (Å²) in [6.07, 6.45) is 1.97. The van der Waals surface area contributed by atoms with Gasteiger partial charge in [0.1, 0.15) is 0 Å². The molecule has 3 N–H and O–H groups in total. The molecule has 0 amide bonds. The first-order valence-corrected chi connectivity index (χ1v) is 6.14. The second-order valence-corrected chi connectivity index (χ2v) is 6.38. The lowest BCUT2D eigenvalue weighted by Gasteiger charge is -2.32. The van der Waals surface area contributed by atoms with Gasteiger partial charge >= 0.3 is 0 Å². The van der Waals surface area contributed by atoms with Gasteiger partial charge in [-0.25, -0.2) is 0 Å². The van der Waals surface area contributed by atoms with E-state index < -0.39 is 5.60 Å². The number of ether oxygens (including phenoxy) is 1. The largest absolute Gasteiger partial charge is 0.388 e. The molecule has 0 heterocycles. The molecule has 3 nitrogen and oxygen atoms in total. The molecule has 0 saturated carbocycles. The van der Waals surface area contributed by atoms with Crippen molar-refractivity contribution < 1.29 is 9.84 Å². The summed E-state index contributed by atoms with van der Waals surface area (Å²) in [6.45, 7) is 12.2. The van der Waals surface area contributed by atoms with Crippen molar-refractivity contribution in [2.45, 2.75) is 71.6 Å². The van der Waals surface area contributed by atoms with Gasteiger partial charge in [-0.15, -0.1) is 0 Å². The van der Waals surface area contributed by atoms with Crippen LogP contribution >= 0.6 is 0 Å². The fourth-order valence-electron chi connectivity index (χ4n) is 1.99. The Morgan fingerprint density at radius 2 is 1.69 bits per heavy atom. The highest BCUT2D eigenvalue weighted by molar-refractivity contribution is 4.76. The zero-order chi connectivity index (χ0) is 13.0. The van der Waals surface area contributed by atoms with Crippen LogP contribution in [0.25, 0.3) is 0 Å². The van der Waals surface area contributed by atoms with E-state index in [-0.39, 0.29) is 11.6 Å². The van der Waals surface area contributed by atoms with Crippen molar-refractivity contribution in [1.29, 1.82) is 0 Å². The Bertz CT molecular complexity index is 195. The molecule has 0 aromatic rings. The summed E-state index contributed by atoms with van der Waals surface area (Å²) in [7, 11) is 0. The van der Waals surface area contributed by atoms with E-state index in [9.17, 15) is 5.11 Å². The Hall–Kier alpha value is -0.120. The minimum Gasteiger partial charge on any atom is -0.388 e. The average Bonchev–Trinajstić information content (AvgIpc) is 1.96. The van der Waals surface area contributed by atoms with Crippen LogP contribution in [0.15, 0.2) is 0 Å². The molecule has 3 heteroatoms. The predicted molar refractivity (Wildman–Crippen MR) is 68.4 cm³/mol. The van der Waals surface area contributed by atoms with E-state index >= 15 is 0 Å². The molecule has 2 atom stereocenters. The molecule has 0 spiro atoms. The smallest absolute Gasteiger partial charge is 0.0824 e. The number of hydrogen-bond donors (Lipinski definition) is 2. The third-order valence-electron chi connectivity index (χ3n) is 2.43. The topological polar surface area (TPSA) is 55.5 Å². The highest BCUT2D eigenvalue weighted by Crippen LogP contribution is 2.24. The normalized spacial score (nSPS) is 17.2. The van der Waals surface area contributed by atoms with Crippen molar-refractivity contribution in [2.24, 2.45) is 11.7 Å². The predicted octanol–water partition coefficient (Wildman–Crippen LogP) is 2.32. The zero-order valence-corrected chi connectivity index (χ0v) is 11.7. The molecule has 0 aliphatic carbocycles. The van der Waals surface area contributed by atoms with E-state index in [1.165, 1.54) is 0 Å². The first-order valence-electron chi connectivity index (χ1n) is 6.14. The molecule has 0 aliphatic rings. The van der Waals surface area contributed by atoms with Crippen LogP contribution in [0, 0.1) is 5.92 Å². The molecule has 0 rings (SSSR count). The van der Waals surface area contributed by atoms with Gasteiger partial charge in [0.05, 0.1) is 17.8 Å². The Labute approximate surface area is 100 Å². The SMILES string of the molecule is CC(N)CC(C)CC(C)(C)OCC(C)(C)O. The van der Waals surface area contributed by atoms with Crippen LogP contribution in [0.5, 0.6) is 0 Å². The van der Waals surface area contributed by atoms with Crippen molar-refractivity contribution in [3.63, 3.8) is 0 Å². The highest BCUT2D eigenvalue weighted by atomic mass is 16.5. The monoisotopic (exact) mass is 231 g/mol. The van der Waals surface area contributed by atoms with Crippen molar-refractivity contribution >= 4 is 0 Å². The number of rotatable bonds is 7. The first kappa shape index (κ1) is 15.9. The Kier molecular flexibility index (Phi) is 5.94. The van der Waals surface area contributed by atoms with Gasteiger partial charge in [0.25, 0.3) is 0 Å². The van der Waals surface area contributed by atoms with E-state index in [4.69, 9.17) is 10.5 Å². The molecule has 0 saturated heterocycles. The average molecular weight is 231 g/mol. The lowest BCUT2D eigenvalue weighted by Crippen LogP contribution is -2.36. The quantitative estimate of drug-likeness (QED) is 0.707. The molecule has 2 unspecified atom stereocenters. The van der Waals surface area contributed by atoms with Gasteiger partial charge in [0, 0.05) is 6.04 Å². The minimum absolute atomic E-state index is 0.200. The molecule has 0 radical (unpaired) electrons. The third kappa shape index (κ3) is 9.13. The maximum atomic E-state index is 9.62. The highest BCUT2D eigenvalue weighted by Gasteiger charge is 2.25. The molecular weight excluding hydrogens is 202 g/mol. The van der Waals surface area contributed by atoms with Crippen molar-refractivity contribution in [3.8, 4) is 0 Å². The molecular formula is C13H29NO2. The lowest BCUT2D eigenvalue weighted by atomic mass is 9.90. The fraction of sp³-hybridized carbons (Fsp3) is 1.00. The zero-order valence-electron chi connectivity index (χ0n) is 11.7. The van der Waals surface area contributed by atoms with Gasteiger partial charge < -0.3 is 15.6 Å². The van der Waals surface area contributed by atoms with Gasteiger partial charge in [0.15, 0.2) is 0 Å². The molecule has 0 aromatic heterocycles. The van der Waals surface area contributed by atoms with E-state index in [0.29, 0.717) is 12.5 Å². The minimum atomic E-state index is -0.762. The van der Waals surface area contributed by atoms with Crippen LogP contribution in [-0.4, -0.2) is 29.0 Å².